The van der Waals surface area contributed by atoms with Gasteiger partial charge in [0.05, 0.1) is 25.4 Å². The number of carbonyl (C=O) groups is 1. The Hall–Kier alpha value is -0.450. The van der Waals surface area contributed by atoms with E-state index < -0.39 is 0 Å². The van der Waals surface area contributed by atoms with Crippen molar-refractivity contribution >= 4 is 5.78 Å². The molecule has 0 bridgehead atoms. The largest absolute Gasteiger partial charge is 0.382 e. The van der Waals surface area contributed by atoms with E-state index in [9.17, 15) is 4.79 Å². The molecule has 0 spiro atoms. The van der Waals surface area contributed by atoms with Gasteiger partial charge in [0, 0.05) is 13.5 Å². The van der Waals surface area contributed by atoms with Crippen molar-refractivity contribution < 1.29 is 19.0 Å². The maximum atomic E-state index is 11.6. The van der Waals surface area contributed by atoms with Crippen molar-refractivity contribution in [2.24, 2.45) is 5.92 Å². The Bertz CT molecular complexity index is 292. The SMILES string of the molecule is CCC1CCCC(OC2CC(=O)C2OCCOC)C1. The second-order valence-corrected chi connectivity index (χ2v) is 5.69. The van der Waals surface area contributed by atoms with Crippen molar-refractivity contribution in [3.05, 3.63) is 0 Å². The molecule has 2 aliphatic carbocycles. The molecule has 0 aromatic heterocycles. The first-order valence-corrected chi connectivity index (χ1v) is 7.53. The first kappa shape index (κ1) is 14.9. The first-order chi connectivity index (χ1) is 9.24. The van der Waals surface area contributed by atoms with Crippen LogP contribution in [0.1, 0.15) is 45.4 Å². The number of ketones is 1. The fraction of sp³-hybridized carbons (Fsp3) is 0.933. The molecule has 19 heavy (non-hydrogen) atoms. The van der Waals surface area contributed by atoms with Crippen LogP contribution in [0.4, 0.5) is 0 Å². The Balaban J connectivity index is 1.74. The third-order valence-corrected chi connectivity index (χ3v) is 4.32. The molecule has 0 saturated heterocycles. The van der Waals surface area contributed by atoms with Crippen LogP contribution < -0.4 is 0 Å². The van der Waals surface area contributed by atoms with E-state index >= 15 is 0 Å². The van der Waals surface area contributed by atoms with E-state index in [1.54, 1.807) is 7.11 Å². The Labute approximate surface area is 115 Å². The lowest BCUT2D eigenvalue weighted by Gasteiger charge is -2.39. The summed E-state index contributed by atoms with van der Waals surface area (Å²) in [5, 5.41) is 0. The third kappa shape index (κ3) is 4.01. The predicted molar refractivity (Wildman–Crippen MR) is 72.2 cm³/mol. The van der Waals surface area contributed by atoms with E-state index in [2.05, 4.69) is 6.92 Å². The Morgan fingerprint density at radius 2 is 2.11 bits per heavy atom. The fourth-order valence-electron chi connectivity index (χ4n) is 3.03. The minimum atomic E-state index is -0.350. The molecule has 0 N–H and O–H groups in total. The first-order valence-electron chi connectivity index (χ1n) is 7.53. The van der Waals surface area contributed by atoms with Crippen LogP contribution in [0.3, 0.4) is 0 Å². The Morgan fingerprint density at radius 3 is 2.79 bits per heavy atom. The average Bonchev–Trinajstić information content (AvgIpc) is 2.43. The zero-order chi connectivity index (χ0) is 13.7. The van der Waals surface area contributed by atoms with Crippen LogP contribution in [0.2, 0.25) is 0 Å². The molecule has 4 heteroatoms. The van der Waals surface area contributed by atoms with E-state index in [-0.39, 0.29) is 18.0 Å². The Kier molecular flexibility index (Phi) is 5.79. The molecular weight excluding hydrogens is 244 g/mol. The third-order valence-electron chi connectivity index (χ3n) is 4.32. The minimum Gasteiger partial charge on any atom is -0.382 e. The van der Waals surface area contributed by atoms with Gasteiger partial charge in [-0.05, 0) is 18.8 Å². The molecule has 4 unspecified atom stereocenters. The van der Waals surface area contributed by atoms with E-state index in [4.69, 9.17) is 14.2 Å². The van der Waals surface area contributed by atoms with Crippen molar-refractivity contribution in [1.82, 2.24) is 0 Å². The molecule has 2 fully saturated rings. The number of hydrogen-bond acceptors (Lipinski definition) is 4. The molecule has 0 amide bonds. The van der Waals surface area contributed by atoms with Crippen LogP contribution in [0.5, 0.6) is 0 Å². The van der Waals surface area contributed by atoms with Gasteiger partial charge in [0.15, 0.2) is 5.78 Å². The summed E-state index contributed by atoms with van der Waals surface area (Å²) in [5.74, 6) is 0.964. The van der Waals surface area contributed by atoms with Gasteiger partial charge in [0.1, 0.15) is 6.10 Å². The topological polar surface area (TPSA) is 44.8 Å². The van der Waals surface area contributed by atoms with Gasteiger partial charge in [0.2, 0.25) is 0 Å². The highest BCUT2D eigenvalue weighted by atomic mass is 16.6. The van der Waals surface area contributed by atoms with Gasteiger partial charge in [-0.1, -0.05) is 26.2 Å². The van der Waals surface area contributed by atoms with Crippen LogP contribution in [0, 0.1) is 5.92 Å². The van der Waals surface area contributed by atoms with Crippen LogP contribution in [-0.2, 0) is 19.0 Å². The number of rotatable bonds is 7. The number of hydrogen-bond donors (Lipinski definition) is 0. The maximum Gasteiger partial charge on any atom is 0.166 e. The van der Waals surface area contributed by atoms with Crippen molar-refractivity contribution in [2.75, 3.05) is 20.3 Å². The summed E-state index contributed by atoms with van der Waals surface area (Å²) in [5.41, 5.74) is 0. The molecule has 0 aromatic carbocycles. The minimum absolute atomic E-state index is 0.0232. The fourth-order valence-corrected chi connectivity index (χ4v) is 3.03. The smallest absolute Gasteiger partial charge is 0.166 e. The number of methoxy groups -OCH3 is 1. The molecule has 0 radical (unpaired) electrons. The second kappa shape index (κ2) is 7.36. The van der Waals surface area contributed by atoms with Crippen molar-refractivity contribution in [3.63, 3.8) is 0 Å². The quantitative estimate of drug-likeness (QED) is 0.666. The van der Waals surface area contributed by atoms with Crippen molar-refractivity contribution in [2.45, 2.75) is 63.8 Å². The number of ether oxygens (including phenoxy) is 3. The highest BCUT2D eigenvalue weighted by Gasteiger charge is 2.43. The zero-order valence-electron chi connectivity index (χ0n) is 12.1. The number of carbonyl (C=O) groups excluding carboxylic acids is 1. The van der Waals surface area contributed by atoms with Gasteiger partial charge in [0.25, 0.3) is 0 Å². The van der Waals surface area contributed by atoms with Gasteiger partial charge in [-0.25, -0.2) is 0 Å². The summed E-state index contributed by atoms with van der Waals surface area (Å²) < 4.78 is 16.6. The van der Waals surface area contributed by atoms with Crippen LogP contribution in [-0.4, -0.2) is 44.4 Å². The van der Waals surface area contributed by atoms with Crippen molar-refractivity contribution in [1.29, 1.82) is 0 Å². The lowest BCUT2D eigenvalue weighted by atomic mass is 9.84. The predicted octanol–water partition coefficient (Wildman–Crippen LogP) is 2.34. The van der Waals surface area contributed by atoms with Crippen LogP contribution in [0.15, 0.2) is 0 Å². The lowest BCUT2D eigenvalue weighted by Crippen LogP contribution is -2.52. The number of Topliss-reactive ketones (excluding diaryl/α,β-unsaturated/α-hetero) is 1. The van der Waals surface area contributed by atoms with Crippen molar-refractivity contribution in [3.8, 4) is 0 Å². The highest BCUT2D eigenvalue weighted by molar-refractivity contribution is 5.90. The van der Waals surface area contributed by atoms with Gasteiger partial charge in [-0.2, -0.15) is 0 Å². The lowest BCUT2D eigenvalue weighted by molar-refractivity contribution is -0.178. The average molecular weight is 270 g/mol. The van der Waals surface area contributed by atoms with Gasteiger partial charge in [-0.3, -0.25) is 4.79 Å². The highest BCUT2D eigenvalue weighted by Crippen LogP contribution is 2.32. The van der Waals surface area contributed by atoms with Gasteiger partial charge in [-0.15, -0.1) is 0 Å². The molecule has 4 atom stereocenters. The molecule has 0 aliphatic heterocycles. The standard InChI is InChI=1S/C15H26O4/c1-3-11-5-4-6-12(9-11)19-14-10-13(16)15(14)18-8-7-17-2/h11-12,14-15H,3-10H2,1-2H3. The molecule has 4 nitrogen and oxygen atoms in total. The summed E-state index contributed by atoms with van der Waals surface area (Å²) >= 11 is 0. The van der Waals surface area contributed by atoms with E-state index in [0.717, 1.165) is 18.8 Å². The summed E-state index contributed by atoms with van der Waals surface area (Å²) in [7, 11) is 1.63. The summed E-state index contributed by atoms with van der Waals surface area (Å²) in [6.07, 6.45) is 6.56. The normalized spacial score (nSPS) is 35.2. The molecule has 0 aromatic rings. The van der Waals surface area contributed by atoms with Crippen LogP contribution in [0.25, 0.3) is 0 Å². The molecule has 2 saturated carbocycles. The molecule has 2 rings (SSSR count). The molecular formula is C15H26O4. The van der Waals surface area contributed by atoms with E-state index in [1.165, 1.54) is 19.3 Å². The molecule has 110 valence electrons. The second-order valence-electron chi connectivity index (χ2n) is 5.69. The van der Waals surface area contributed by atoms with Crippen LogP contribution >= 0.6 is 0 Å². The van der Waals surface area contributed by atoms with Gasteiger partial charge >= 0.3 is 0 Å². The van der Waals surface area contributed by atoms with E-state index in [0.29, 0.717) is 25.7 Å². The summed E-state index contributed by atoms with van der Waals surface area (Å²) in [4.78, 5) is 11.6. The maximum absolute atomic E-state index is 11.6. The molecule has 2 aliphatic rings. The Morgan fingerprint density at radius 1 is 1.26 bits per heavy atom. The monoisotopic (exact) mass is 270 g/mol. The summed E-state index contributed by atoms with van der Waals surface area (Å²) in [6.45, 7) is 3.24. The van der Waals surface area contributed by atoms with Gasteiger partial charge < -0.3 is 14.2 Å². The summed E-state index contributed by atoms with van der Waals surface area (Å²) in [6, 6.07) is 0. The van der Waals surface area contributed by atoms with E-state index in [1.807, 2.05) is 0 Å². The zero-order valence-corrected chi connectivity index (χ0v) is 12.1. The molecule has 0 heterocycles.